The zero-order valence-electron chi connectivity index (χ0n) is 10.1. The number of hydrogen-bond donors (Lipinski definition) is 0. The van der Waals surface area contributed by atoms with Crippen molar-refractivity contribution >= 4 is 11.6 Å². The van der Waals surface area contributed by atoms with Gasteiger partial charge in [-0.15, -0.1) is 0 Å². The Labute approximate surface area is 95.6 Å². The molecule has 0 saturated heterocycles. The van der Waals surface area contributed by atoms with Crippen molar-refractivity contribution in [2.45, 2.75) is 40.2 Å². The van der Waals surface area contributed by atoms with Crippen LogP contribution in [-0.2, 0) is 11.3 Å². The van der Waals surface area contributed by atoms with Gasteiger partial charge in [-0.1, -0.05) is 13.8 Å². The van der Waals surface area contributed by atoms with Crippen LogP contribution in [0.1, 0.15) is 44.0 Å². The highest BCUT2D eigenvalue weighted by molar-refractivity contribution is 5.99. The Morgan fingerprint density at radius 3 is 2.75 bits per heavy atom. The van der Waals surface area contributed by atoms with Crippen molar-refractivity contribution in [3.63, 3.8) is 0 Å². The van der Waals surface area contributed by atoms with Gasteiger partial charge in [0.25, 0.3) is 0 Å². The minimum absolute atomic E-state index is 0.00227. The number of ketones is 2. The van der Waals surface area contributed by atoms with Gasteiger partial charge in [-0.25, -0.2) is 0 Å². The lowest BCUT2D eigenvalue weighted by Gasteiger charge is -2.05. The van der Waals surface area contributed by atoms with Crippen LogP contribution < -0.4 is 0 Å². The number of nitrogens with zero attached hydrogens (tertiary/aromatic N) is 2. The molecule has 0 saturated carbocycles. The summed E-state index contributed by atoms with van der Waals surface area (Å²) in [5, 5.41) is 4.10. The number of carbonyl (C=O) groups is 2. The van der Waals surface area contributed by atoms with E-state index >= 15 is 0 Å². The van der Waals surface area contributed by atoms with Crippen molar-refractivity contribution in [2.75, 3.05) is 0 Å². The fourth-order valence-electron chi connectivity index (χ4n) is 1.65. The Kier molecular flexibility index (Phi) is 4.40. The van der Waals surface area contributed by atoms with Gasteiger partial charge in [-0.3, -0.25) is 9.48 Å². The Hall–Kier alpha value is -1.45. The first-order valence-corrected chi connectivity index (χ1v) is 5.60. The second-order valence-corrected chi connectivity index (χ2v) is 4.16. The van der Waals surface area contributed by atoms with Crippen LogP contribution in [0, 0.1) is 5.92 Å². The minimum Gasteiger partial charge on any atom is -0.300 e. The summed E-state index contributed by atoms with van der Waals surface area (Å²) < 4.78 is 1.76. The molecular weight excluding hydrogens is 204 g/mol. The first-order valence-electron chi connectivity index (χ1n) is 5.60. The smallest absolute Gasteiger partial charge is 0.169 e. The standard InChI is InChI=1S/C12H18N2O2/c1-4-5-14-8-11(7-13-14)12(16)9(2)6-10(3)15/h7-9H,4-6H2,1-3H3. The van der Waals surface area contributed by atoms with Crippen LogP contribution in [0.4, 0.5) is 0 Å². The van der Waals surface area contributed by atoms with Crippen LogP contribution in [0.25, 0.3) is 0 Å². The SMILES string of the molecule is CCCn1cc(C(=O)C(C)CC(C)=O)cn1. The van der Waals surface area contributed by atoms with Gasteiger partial charge in [0, 0.05) is 25.1 Å². The maximum atomic E-state index is 11.9. The Balaban J connectivity index is 2.68. The summed E-state index contributed by atoms with van der Waals surface area (Å²) >= 11 is 0. The summed E-state index contributed by atoms with van der Waals surface area (Å²) in [5.41, 5.74) is 0.599. The first-order chi connectivity index (χ1) is 7.54. The molecule has 1 heterocycles. The van der Waals surface area contributed by atoms with E-state index < -0.39 is 0 Å². The van der Waals surface area contributed by atoms with Gasteiger partial charge in [0.1, 0.15) is 5.78 Å². The molecule has 1 aromatic rings. The lowest BCUT2D eigenvalue weighted by molar-refractivity contribution is -0.117. The van der Waals surface area contributed by atoms with Crippen LogP contribution in [0.5, 0.6) is 0 Å². The molecule has 0 N–H and O–H groups in total. The zero-order chi connectivity index (χ0) is 12.1. The van der Waals surface area contributed by atoms with E-state index in [-0.39, 0.29) is 17.5 Å². The summed E-state index contributed by atoms with van der Waals surface area (Å²) in [7, 11) is 0. The predicted octanol–water partition coefficient (Wildman–Crippen LogP) is 2.09. The largest absolute Gasteiger partial charge is 0.300 e. The molecule has 1 atom stereocenters. The van der Waals surface area contributed by atoms with Crippen molar-refractivity contribution in [3.8, 4) is 0 Å². The van der Waals surface area contributed by atoms with E-state index in [1.807, 2.05) is 0 Å². The van der Waals surface area contributed by atoms with Crippen molar-refractivity contribution in [1.82, 2.24) is 9.78 Å². The molecule has 88 valence electrons. The van der Waals surface area contributed by atoms with Crippen molar-refractivity contribution in [3.05, 3.63) is 18.0 Å². The van der Waals surface area contributed by atoms with Gasteiger partial charge >= 0.3 is 0 Å². The molecule has 4 nitrogen and oxygen atoms in total. The Morgan fingerprint density at radius 2 is 2.19 bits per heavy atom. The third-order valence-electron chi connectivity index (χ3n) is 2.41. The normalized spacial score (nSPS) is 12.4. The molecule has 0 fully saturated rings. The quantitative estimate of drug-likeness (QED) is 0.692. The highest BCUT2D eigenvalue weighted by atomic mass is 16.1. The molecule has 0 aromatic carbocycles. The highest BCUT2D eigenvalue weighted by Crippen LogP contribution is 2.12. The molecule has 0 radical (unpaired) electrons. The molecule has 0 aliphatic carbocycles. The molecule has 0 spiro atoms. The minimum atomic E-state index is -0.253. The fraction of sp³-hybridized carbons (Fsp3) is 0.583. The van der Waals surface area contributed by atoms with Gasteiger partial charge in [0.05, 0.1) is 11.8 Å². The molecule has 0 amide bonds. The monoisotopic (exact) mass is 222 g/mol. The van der Waals surface area contributed by atoms with Crippen LogP contribution in [0.2, 0.25) is 0 Å². The maximum Gasteiger partial charge on any atom is 0.169 e. The second-order valence-electron chi connectivity index (χ2n) is 4.16. The molecule has 4 heteroatoms. The number of rotatable bonds is 6. The number of aromatic nitrogens is 2. The van der Waals surface area contributed by atoms with Crippen LogP contribution in [0.15, 0.2) is 12.4 Å². The van der Waals surface area contributed by atoms with Gasteiger partial charge in [-0.2, -0.15) is 5.10 Å². The zero-order valence-corrected chi connectivity index (χ0v) is 10.1. The predicted molar refractivity (Wildman–Crippen MR) is 61.3 cm³/mol. The second kappa shape index (κ2) is 5.58. The van der Waals surface area contributed by atoms with Gasteiger partial charge in [-0.05, 0) is 13.3 Å². The Bertz CT molecular complexity index is 382. The number of aryl methyl sites for hydroxylation is 1. The van der Waals surface area contributed by atoms with E-state index in [2.05, 4.69) is 12.0 Å². The molecule has 0 aliphatic rings. The first kappa shape index (κ1) is 12.6. The summed E-state index contributed by atoms with van der Waals surface area (Å²) in [6, 6.07) is 0. The number of Topliss-reactive ketones (excluding diaryl/α,β-unsaturated/α-hetero) is 2. The van der Waals surface area contributed by atoms with Crippen molar-refractivity contribution < 1.29 is 9.59 Å². The summed E-state index contributed by atoms with van der Waals surface area (Å²) in [6.45, 7) is 6.15. The van der Waals surface area contributed by atoms with Gasteiger partial charge < -0.3 is 4.79 Å². The van der Waals surface area contributed by atoms with E-state index in [0.717, 1.165) is 13.0 Å². The van der Waals surface area contributed by atoms with Crippen LogP contribution >= 0.6 is 0 Å². The van der Waals surface area contributed by atoms with Crippen molar-refractivity contribution in [1.29, 1.82) is 0 Å². The molecule has 1 rings (SSSR count). The van der Waals surface area contributed by atoms with Gasteiger partial charge in [0.15, 0.2) is 5.78 Å². The molecule has 1 aromatic heterocycles. The molecular formula is C12H18N2O2. The van der Waals surface area contributed by atoms with E-state index in [0.29, 0.717) is 12.0 Å². The van der Waals surface area contributed by atoms with Gasteiger partial charge in [0.2, 0.25) is 0 Å². The lowest BCUT2D eigenvalue weighted by Crippen LogP contribution is -2.13. The Morgan fingerprint density at radius 1 is 1.50 bits per heavy atom. The summed E-state index contributed by atoms with van der Waals surface area (Å²) in [4.78, 5) is 22.8. The lowest BCUT2D eigenvalue weighted by atomic mass is 9.97. The average Bonchev–Trinajstić information content (AvgIpc) is 2.64. The third kappa shape index (κ3) is 3.29. The molecule has 0 bridgehead atoms. The summed E-state index contributed by atoms with van der Waals surface area (Å²) in [6.07, 6.45) is 4.62. The number of hydrogen-bond acceptors (Lipinski definition) is 3. The highest BCUT2D eigenvalue weighted by Gasteiger charge is 2.18. The van der Waals surface area contributed by atoms with Crippen molar-refractivity contribution in [2.24, 2.45) is 5.92 Å². The maximum absolute atomic E-state index is 11.9. The van der Waals surface area contributed by atoms with E-state index in [4.69, 9.17) is 0 Å². The summed E-state index contributed by atoms with van der Waals surface area (Å²) in [5.74, 6) is -0.212. The topological polar surface area (TPSA) is 52.0 Å². The number of carbonyl (C=O) groups excluding carboxylic acids is 2. The van der Waals surface area contributed by atoms with E-state index in [1.165, 1.54) is 6.92 Å². The van der Waals surface area contributed by atoms with Crippen LogP contribution in [0.3, 0.4) is 0 Å². The van der Waals surface area contributed by atoms with Crippen LogP contribution in [-0.4, -0.2) is 21.3 Å². The molecule has 0 aliphatic heterocycles. The third-order valence-corrected chi connectivity index (χ3v) is 2.41. The fourth-order valence-corrected chi connectivity index (χ4v) is 1.65. The molecule has 16 heavy (non-hydrogen) atoms. The molecule has 1 unspecified atom stereocenters. The van der Waals surface area contributed by atoms with E-state index in [1.54, 1.807) is 24.0 Å². The average molecular weight is 222 g/mol. The van der Waals surface area contributed by atoms with E-state index in [9.17, 15) is 9.59 Å².